The average molecular weight is 451 g/mol. The lowest BCUT2D eigenvalue weighted by Gasteiger charge is -2.09. The van der Waals surface area contributed by atoms with Crippen LogP contribution in [0.1, 0.15) is 20.7 Å². The van der Waals surface area contributed by atoms with Gasteiger partial charge in [0.1, 0.15) is 5.01 Å². The van der Waals surface area contributed by atoms with Crippen LogP contribution in [0.3, 0.4) is 0 Å². The van der Waals surface area contributed by atoms with Crippen molar-refractivity contribution in [3.05, 3.63) is 108 Å². The highest BCUT2D eigenvalue weighted by molar-refractivity contribution is 7.18. The van der Waals surface area contributed by atoms with E-state index in [4.69, 9.17) is 0 Å². The lowest BCUT2D eigenvalue weighted by molar-refractivity contribution is 0.101. The van der Waals surface area contributed by atoms with E-state index in [0.29, 0.717) is 21.9 Å². The molecule has 0 fully saturated rings. The van der Waals surface area contributed by atoms with Crippen LogP contribution in [0.25, 0.3) is 21.3 Å². The molecule has 2 amide bonds. The minimum atomic E-state index is -0.327. The standard InChI is InChI=1S/C26H18N4O2S/c31-23(28-26-30-29-25(33-26)18-9-2-1-3-10-18)19-12-6-13-20(16-19)27-24(32)22-15-7-11-17-8-4-5-14-21(17)22/h1-16H,(H,27,32)(H,28,30,31). The summed E-state index contributed by atoms with van der Waals surface area (Å²) in [6.07, 6.45) is 0. The Balaban J connectivity index is 1.31. The fraction of sp³-hybridized carbons (Fsp3) is 0. The topological polar surface area (TPSA) is 84.0 Å². The van der Waals surface area contributed by atoms with Crippen molar-refractivity contribution in [2.45, 2.75) is 0 Å². The van der Waals surface area contributed by atoms with Gasteiger partial charge in [0.15, 0.2) is 0 Å². The maximum atomic E-state index is 12.9. The van der Waals surface area contributed by atoms with E-state index in [-0.39, 0.29) is 11.8 Å². The summed E-state index contributed by atoms with van der Waals surface area (Å²) in [5.74, 6) is -0.562. The number of rotatable bonds is 5. The van der Waals surface area contributed by atoms with E-state index in [0.717, 1.165) is 21.3 Å². The Morgan fingerprint density at radius 3 is 2.33 bits per heavy atom. The molecular weight excluding hydrogens is 432 g/mol. The van der Waals surface area contributed by atoms with Crippen molar-refractivity contribution in [2.75, 3.05) is 10.6 Å². The Hall–Kier alpha value is -4.36. The number of carbonyl (C=O) groups excluding carboxylic acids is 2. The predicted molar refractivity (Wildman–Crippen MR) is 132 cm³/mol. The normalized spacial score (nSPS) is 10.7. The molecule has 0 aliphatic rings. The number of benzene rings is 4. The molecule has 0 saturated carbocycles. The fourth-order valence-corrected chi connectivity index (χ4v) is 4.24. The van der Waals surface area contributed by atoms with E-state index in [1.165, 1.54) is 11.3 Å². The SMILES string of the molecule is O=C(Nc1nnc(-c2ccccc2)s1)c1cccc(NC(=O)c2cccc3ccccc23)c1. The van der Waals surface area contributed by atoms with Crippen LogP contribution < -0.4 is 10.6 Å². The molecule has 0 bridgehead atoms. The van der Waals surface area contributed by atoms with E-state index >= 15 is 0 Å². The zero-order chi connectivity index (χ0) is 22.6. The summed E-state index contributed by atoms with van der Waals surface area (Å²) in [4.78, 5) is 25.7. The third-order valence-electron chi connectivity index (χ3n) is 5.08. The third-order valence-corrected chi connectivity index (χ3v) is 5.97. The van der Waals surface area contributed by atoms with Crippen molar-refractivity contribution in [1.82, 2.24) is 10.2 Å². The van der Waals surface area contributed by atoms with Crippen molar-refractivity contribution >= 4 is 44.7 Å². The molecule has 0 unspecified atom stereocenters. The zero-order valence-corrected chi connectivity index (χ0v) is 18.2. The molecule has 0 aliphatic heterocycles. The summed E-state index contributed by atoms with van der Waals surface area (Å²) in [5, 5.41) is 16.9. The van der Waals surface area contributed by atoms with Crippen LogP contribution in [-0.2, 0) is 0 Å². The van der Waals surface area contributed by atoms with Gasteiger partial charge in [-0.15, -0.1) is 10.2 Å². The second-order valence-corrected chi connectivity index (χ2v) is 8.27. The van der Waals surface area contributed by atoms with Gasteiger partial charge in [-0.05, 0) is 35.0 Å². The van der Waals surface area contributed by atoms with Gasteiger partial charge in [0.25, 0.3) is 11.8 Å². The summed E-state index contributed by atoms with van der Waals surface area (Å²) >= 11 is 1.30. The van der Waals surface area contributed by atoms with E-state index in [1.54, 1.807) is 30.3 Å². The van der Waals surface area contributed by atoms with Gasteiger partial charge in [0, 0.05) is 22.4 Å². The molecule has 33 heavy (non-hydrogen) atoms. The highest BCUT2D eigenvalue weighted by atomic mass is 32.1. The first-order valence-corrected chi connectivity index (χ1v) is 11.1. The molecule has 0 spiro atoms. The van der Waals surface area contributed by atoms with Crippen LogP contribution >= 0.6 is 11.3 Å². The number of hydrogen-bond donors (Lipinski definition) is 2. The van der Waals surface area contributed by atoms with Gasteiger partial charge in [-0.2, -0.15) is 0 Å². The number of hydrogen-bond acceptors (Lipinski definition) is 5. The maximum absolute atomic E-state index is 12.9. The highest BCUT2D eigenvalue weighted by Crippen LogP contribution is 2.26. The van der Waals surface area contributed by atoms with Crippen molar-refractivity contribution < 1.29 is 9.59 Å². The second kappa shape index (κ2) is 9.02. The molecule has 0 radical (unpaired) electrons. The molecule has 1 aromatic heterocycles. The number of carbonyl (C=O) groups is 2. The van der Waals surface area contributed by atoms with E-state index in [9.17, 15) is 9.59 Å². The van der Waals surface area contributed by atoms with Gasteiger partial charge in [-0.1, -0.05) is 84.1 Å². The smallest absolute Gasteiger partial charge is 0.257 e. The molecule has 7 heteroatoms. The number of amides is 2. The molecular formula is C26H18N4O2S. The van der Waals surface area contributed by atoms with Gasteiger partial charge < -0.3 is 5.32 Å². The number of anilines is 2. The van der Waals surface area contributed by atoms with Crippen LogP contribution in [0.4, 0.5) is 10.8 Å². The molecule has 0 aliphatic carbocycles. The molecule has 2 N–H and O–H groups in total. The number of nitrogens with zero attached hydrogens (tertiary/aromatic N) is 2. The number of aromatic nitrogens is 2. The van der Waals surface area contributed by atoms with E-state index in [1.807, 2.05) is 66.7 Å². The molecule has 4 aromatic carbocycles. The van der Waals surface area contributed by atoms with Gasteiger partial charge in [-0.25, -0.2) is 0 Å². The lowest BCUT2D eigenvalue weighted by atomic mass is 10.0. The number of nitrogens with one attached hydrogen (secondary N) is 2. The van der Waals surface area contributed by atoms with Gasteiger partial charge in [-0.3, -0.25) is 14.9 Å². The predicted octanol–water partition coefficient (Wildman–Crippen LogP) is 5.86. The Morgan fingerprint density at radius 1 is 0.697 bits per heavy atom. The van der Waals surface area contributed by atoms with Gasteiger partial charge >= 0.3 is 0 Å². The van der Waals surface area contributed by atoms with Crippen LogP contribution in [0.2, 0.25) is 0 Å². The largest absolute Gasteiger partial charge is 0.322 e. The van der Waals surface area contributed by atoms with Crippen molar-refractivity contribution in [2.24, 2.45) is 0 Å². The monoisotopic (exact) mass is 450 g/mol. The Morgan fingerprint density at radius 2 is 1.45 bits per heavy atom. The maximum Gasteiger partial charge on any atom is 0.257 e. The van der Waals surface area contributed by atoms with E-state index in [2.05, 4.69) is 20.8 Å². The molecule has 0 atom stereocenters. The summed E-state index contributed by atoms with van der Waals surface area (Å²) in [5.41, 5.74) is 2.45. The first-order valence-electron chi connectivity index (χ1n) is 10.3. The fourth-order valence-electron chi connectivity index (χ4n) is 3.50. The summed E-state index contributed by atoms with van der Waals surface area (Å²) in [6.45, 7) is 0. The summed E-state index contributed by atoms with van der Waals surface area (Å²) in [6, 6.07) is 29.8. The third kappa shape index (κ3) is 4.49. The van der Waals surface area contributed by atoms with E-state index < -0.39 is 0 Å². The Kier molecular flexibility index (Phi) is 5.61. The van der Waals surface area contributed by atoms with Gasteiger partial charge in [0.2, 0.25) is 5.13 Å². The highest BCUT2D eigenvalue weighted by Gasteiger charge is 2.14. The van der Waals surface area contributed by atoms with Crippen LogP contribution in [0.5, 0.6) is 0 Å². The number of fused-ring (bicyclic) bond motifs is 1. The molecule has 1 heterocycles. The minimum Gasteiger partial charge on any atom is -0.322 e. The zero-order valence-electron chi connectivity index (χ0n) is 17.4. The quantitative estimate of drug-likeness (QED) is 0.351. The minimum absolute atomic E-state index is 0.235. The first-order chi connectivity index (χ1) is 16.2. The van der Waals surface area contributed by atoms with Gasteiger partial charge in [0.05, 0.1) is 0 Å². The summed E-state index contributed by atoms with van der Waals surface area (Å²) < 4.78 is 0. The summed E-state index contributed by atoms with van der Waals surface area (Å²) in [7, 11) is 0. The molecule has 6 nitrogen and oxygen atoms in total. The molecule has 160 valence electrons. The van der Waals surface area contributed by atoms with Crippen molar-refractivity contribution in [3.63, 3.8) is 0 Å². The molecule has 5 rings (SSSR count). The van der Waals surface area contributed by atoms with Crippen LogP contribution in [-0.4, -0.2) is 22.0 Å². The molecule has 5 aromatic rings. The Bertz CT molecular complexity index is 1460. The van der Waals surface area contributed by atoms with Crippen molar-refractivity contribution in [3.8, 4) is 10.6 Å². The second-order valence-electron chi connectivity index (χ2n) is 7.29. The lowest BCUT2D eigenvalue weighted by Crippen LogP contribution is -2.15. The van der Waals surface area contributed by atoms with Crippen LogP contribution in [0.15, 0.2) is 97.1 Å². The first kappa shape index (κ1) is 20.5. The molecule has 0 saturated heterocycles. The Labute approximate surface area is 193 Å². The van der Waals surface area contributed by atoms with Crippen LogP contribution in [0, 0.1) is 0 Å². The average Bonchev–Trinajstić information content (AvgIpc) is 3.33. The van der Waals surface area contributed by atoms with Crippen molar-refractivity contribution in [1.29, 1.82) is 0 Å².